The average Bonchev–Trinajstić information content (AvgIpc) is 2.84. The Morgan fingerprint density at radius 1 is 1.20 bits per heavy atom. The second kappa shape index (κ2) is 5.40. The number of amides is 1. The van der Waals surface area contributed by atoms with Crippen LogP contribution in [0.1, 0.15) is 15.9 Å². The summed E-state index contributed by atoms with van der Waals surface area (Å²) in [6.45, 7) is 0.660. The molecule has 2 nitrogen and oxygen atoms in total. The molecule has 20 heavy (non-hydrogen) atoms. The predicted molar refractivity (Wildman–Crippen MR) is 86.0 cm³/mol. The third-order valence-corrected chi connectivity index (χ3v) is 4.68. The van der Waals surface area contributed by atoms with Gasteiger partial charge in [-0.15, -0.1) is 0 Å². The van der Waals surface area contributed by atoms with Gasteiger partial charge in [-0.1, -0.05) is 51.3 Å². The molecule has 2 aromatic rings. The van der Waals surface area contributed by atoms with Crippen molar-refractivity contribution >= 4 is 50.7 Å². The van der Waals surface area contributed by atoms with Crippen LogP contribution < -0.4 is 4.90 Å². The second-order valence-electron chi connectivity index (χ2n) is 4.58. The molecule has 1 amide bonds. The molecule has 2 aromatic carbocycles. The molecule has 0 aliphatic carbocycles. The highest BCUT2D eigenvalue weighted by molar-refractivity contribution is 9.10. The number of anilines is 1. The smallest absolute Gasteiger partial charge is 0.259 e. The Kier molecular flexibility index (Phi) is 3.76. The first-order valence-electron chi connectivity index (χ1n) is 6.12. The Labute approximate surface area is 135 Å². The summed E-state index contributed by atoms with van der Waals surface area (Å²) >= 11 is 15.6. The van der Waals surface area contributed by atoms with Gasteiger partial charge in [0.25, 0.3) is 5.91 Å². The molecule has 0 aromatic heterocycles. The van der Waals surface area contributed by atoms with Crippen molar-refractivity contribution < 1.29 is 4.79 Å². The van der Waals surface area contributed by atoms with Crippen LogP contribution in [0.15, 0.2) is 40.9 Å². The lowest BCUT2D eigenvalue weighted by atomic mass is 10.1. The van der Waals surface area contributed by atoms with E-state index in [9.17, 15) is 4.79 Å². The van der Waals surface area contributed by atoms with Gasteiger partial charge in [0.1, 0.15) is 0 Å². The molecule has 0 radical (unpaired) electrons. The number of carbonyl (C=O) groups is 1. The molecule has 0 N–H and O–H groups in total. The van der Waals surface area contributed by atoms with Crippen LogP contribution in [-0.2, 0) is 6.42 Å². The lowest BCUT2D eigenvalue weighted by Gasteiger charge is -2.18. The molecule has 102 valence electrons. The first kappa shape index (κ1) is 13.9. The van der Waals surface area contributed by atoms with E-state index in [0.29, 0.717) is 22.2 Å². The van der Waals surface area contributed by atoms with E-state index in [1.807, 2.05) is 18.2 Å². The number of benzene rings is 2. The third kappa shape index (κ3) is 2.34. The van der Waals surface area contributed by atoms with Crippen molar-refractivity contribution in [1.29, 1.82) is 0 Å². The molecule has 1 heterocycles. The van der Waals surface area contributed by atoms with Crippen LogP contribution in [0.3, 0.4) is 0 Å². The van der Waals surface area contributed by atoms with Gasteiger partial charge in [-0.2, -0.15) is 0 Å². The fourth-order valence-corrected chi connectivity index (χ4v) is 3.11. The zero-order valence-electron chi connectivity index (χ0n) is 10.4. The van der Waals surface area contributed by atoms with Crippen molar-refractivity contribution in [2.75, 3.05) is 11.4 Å². The van der Waals surface area contributed by atoms with Crippen LogP contribution in [0.5, 0.6) is 0 Å². The van der Waals surface area contributed by atoms with Gasteiger partial charge in [0, 0.05) is 16.7 Å². The van der Waals surface area contributed by atoms with Crippen LogP contribution in [-0.4, -0.2) is 12.5 Å². The van der Waals surface area contributed by atoms with Gasteiger partial charge in [-0.25, -0.2) is 0 Å². The summed E-state index contributed by atoms with van der Waals surface area (Å²) < 4.78 is 0.952. The molecule has 1 aliphatic rings. The van der Waals surface area contributed by atoms with E-state index in [-0.39, 0.29) is 5.91 Å². The lowest BCUT2D eigenvalue weighted by molar-refractivity contribution is 0.0989. The maximum absolute atomic E-state index is 12.7. The zero-order chi connectivity index (χ0) is 14.3. The normalized spacial score (nSPS) is 13.4. The zero-order valence-corrected chi connectivity index (χ0v) is 13.5. The highest BCUT2D eigenvalue weighted by Crippen LogP contribution is 2.34. The van der Waals surface area contributed by atoms with Gasteiger partial charge >= 0.3 is 0 Å². The quantitative estimate of drug-likeness (QED) is 0.694. The molecule has 3 rings (SSSR count). The topological polar surface area (TPSA) is 20.3 Å². The van der Waals surface area contributed by atoms with Gasteiger partial charge in [-0.05, 0) is 36.2 Å². The van der Waals surface area contributed by atoms with E-state index in [4.69, 9.17) is 23.2 Å². The average molecular weight is 371 g/mol. The van der Waals surface area contributed by atoms with Crippen molar-refractivity contribution in [3.05, 3.63) is 62.0 Å². The minimum absolute atomic E-state index is 0.116. The Hall–Kier alpha value is -1.03. The molecule has 0 atom stereocenters. The predicted octanol–water partition coefficient (Wildman–Crippen LogP) is 4.96. The highest BCUT2D eigenvalue weighted by atomic mass is 79.9. The minimum atomic E-state index is -0.116. The van der Waals surface area contributed by atoms with E-state index in [0.717, 1.165) is 16.6 Å². The molecule has 0 unspecified atom stereocenters. The van der Waals surface area contributed by atoms with Crippen molar-refractivity contribution in [1.82, 2.24) is 0 Å². The van der Waals surface area contributed by atoms with Gasteiger partial charge in [0.2, 0.25) is 0 Å². The maximum Gasteiger partial charge on any atom is 0.259 e. The van der Waals surface area contributed by atoms with E-state index in [2.05, 4.69) is 15.9 Å². The van der Waals surface area contributed by atoms with Crippen LogP contribution >= 0.6 is 39.1 Å². The number of hydrogen-bond donors (Lipinski definition) is 0. The van der Waals surface area contributed by atoms with Crippen molar-refractivity contribution in [2.45, 2.75) is 6.42 Å². The molecule has 1 aliphatic heterocycles. The van der Waals surface area contributed by atoms with E-state index < -0.39 is 0 Å². The molecule has 0 fully saturated rings. The first-order valence-corrected chi connectivity index (χ1v) is 7.67. The number of hydrogen-bond acceptors (Lipinski definition) is 1. The molecule has 0 bridgehead atoms. The fourth-order valence-electron chi connectivity index (χ4n) is 2.38. The summed E-state index contributed by atoms with van der Waals surface area (Å²) in [4.78, 5) is 14.4. The standard InChI is InChI=1S/C15H10BrCl2NO/c16-10-5-4-9-6-7-19(13(9)8-10)15(20)11-2-1-3-12(17)14(11)18/h1-5,8H,6-7H2. The monoisotopic (exact) mass is 369 g/mol. The molecular formula is C15H10BrCl2NO. The van der Waals surface area contributed by atoms with Gasteiger partial charge in [0.15, 0.2) is 0 Å². The van der Waals surface area contributed by atoms with Crippen molar-refractivity contribution in [2.24, 2.45) is 0 Å². The van der Waals surface area contributed by atoms with Crippen molar-refractivity contribution in [3.8, 4) is 0 Å². The van der Waals surface area contributed by atoms with Crippen LogP contribution in [0, 0.1) is 0 Å². The SMILES string of the molecule is O=C(c1cccc(Cl)c1Cl)N1CCc2ccc(Br)cc21. The number of rotatable bonds is 1. The molecular weight excluding hydrogens is 361 g/mol. The van der Waals surface area contributed by atoms with Crippen LogP contribution in [0.25, 0.3) is 0 Å². The Balaban J connectivity index is 2.02. The molecule has 0 saturated heterocycles. The second-order valence-corrected chi connectivity index (χ2v) is 6.28. The first-order chi connectivity index (χ1) is 9.58. The summed E-state index contributed by atoms with van der Waals surface area (Å²) in [5, 5.41) is 0.703. The Morgan fingerprint density at radius 3 is 2.80 bits per heavy atom. The number of nitrogens with zero attached hydrogens (tertiary/aromatic N) is 1. The van der Waals surface area contributed by atoms with Crippen LogP contribution in [0.4, 0.5) is 5.69 Å². The summed E-state index contributed by atoms with van der Waals surface area (Å²) in [7, 11) is 0. The van der Waals surface area contributed by atoms with E-state index >= 15 is 0 Å². The summed E-state index contributed by atoms with van der Waals surface area (Å²) in [6.07, 6.45) is 0.854. The Bertz CT molecular complexity index is 702. The largest absolute Gasteiger partial charge is 0.308 e. The summed E-state index contributed by atoms with van der Waals surface area (Å²) in [6, 6.07) is 11.1. The molecule has 0 spiro atoms. The molecule has 5 heteroatoms. The number of fused-ring (bicyclic) bond motifs is 1. The molecule has 0 saturated carbocycles. The number of carbonyl (C=O) groups excluding carboxylic acids is 1. The summed E-state index contributed by atoms with van der Waals surface area (Å²) in [5.74, 6) is -0.116. The minimum Gasteiger partial charge on any atom is -0.308 e. The van der Waals surface area contributed by atoms with Crippen LogP contribution in [0.2, 0.25) is 10.0 Å². The Morgan fingerprint density at radius 2 is 2.00 bits per heavy atom. The lowest BCUT2D eigenvalue weighted by Crippen LogP contribution is -2.29. The highest BCUT2D eigenvalue weighted by Gasteiger charge is 2.27. The van der Waals surface area contributed by atoms with Crippen molar-refractivity contribution in [3.63, 3.8) is 0 Å². The maximum atomic E-state index is 12.7. The summed E-state index contributed by atoms with van der Waals surface area (Å²) in [5.41, 5.74) is 2.53. The van der Waals surface area contributed by atoms with Gasteiger partial charge in [-0.3, -0.25) is 4.79 Å². The van der Waals surface area contributed by atoms with Gasteiger partial charge < -0.3 is 4.90 Å². The fraction of sp³-hybridized carbons (Fsp3) is 0.133. The third-order valence-electron chi connectivity index (χ3n) is 3.37. The van der Waals surface area contributed by atoms with E-state index in [1.165, 1.54) is 5.56 Å². The van der Waals surface area contributed by atoms with E-state index in [1.54, 1.807) is 23.1 Å². The van der Waals surface area contributed by atoms with Gasteiger partial charge in [0.05, 0.1) is 15.6 Å². The number of halogens is 3.